The van der Waals surface area contributed by atoms with Crippen LogP contribution in [-0.4, -0.2) is 36.4 Å². The molecule has 1 heterocycles. The molecule has 1 aliphatic rings. The molecule has 0 aromatic rings. The normalized spacial score (nSPS) is 20.2. The van der Waals surface area contributed by atoms with Crippen molar-refractivity contribution in [1.29, 1.82) is 0 Å². The van der Waals surface area contributed by atoms with Gasteiger partial charge in [-0.25, -0.2) is 9.59 Å². The van der Waals surface area contributed by atoms with Crippen LogP contribution in [0.5, 0.6) is 0 Å². The van der Waals surface area contributed by atoms with Gasteiger partial charge in [0.1, 0.15) is 12.7 Å². The summed E-state index contributed by atoms with van der Waals surface area (Å²) in [5.41, 5.74) is 0. The molecule has 0 radical (unpaired) electrons. The Morgan fingerprint density at radius 1 is 1.54 bits per heavy atom. The number of hydrogen-bond donors (Lipinski definition) is 1. The highest BCUT2D eigenvalue weighted by molar-refractivity contribution is 5.90. The number of carboxylic acid groups (broad SMARTS) is 1. The molecule has 1 saturated heterocycles. The standard InChI is InChI=1S/C7H8O6/c8-6(9)1-2-7(10)13-12-4-5-3-11-5/h1-2,5H,3-4H2,(H,8,9). The van der Waals surface area contributed by atoms with Crippen LogP contribution in [0.25, 0.3) is 0 Å². The molecule has 6 nitrogen and oxygen atoms in total. The van der Waals surface area contributed by atoms with Gasteiger partial charge in [-0.05, 0) is 0 Å². The molecule has 0 aromatic carbocycles. The zero-order valence-electron chi connectivity index (χ0n) is 6.63. The van der Waals surface area contributed by atoms with Crippen LogP contribution in [0.3, 0.4) is 0 Å². The second-order valence-corrected chi connectivity index (χ2v) is 2.31. The predicted molar refractivity (Wildman–Crippen MR) is 38.6 cm³/mol. The van der Waals surface area contributed by atoms with Crippen molar-refractivity contribution in [3.8, 4) is 0 Å². The molecule has 0 amide bonds. The zero-order chi connectivity index (χ0) is 9.68. The fraction of sp³-hybridized carbons (Fsp3) is 0.429. The van der Waals surface area contributed by atoms with E-state index < -0.39 is 11.9 Å². The molecule has 6 heteroatoms. The van der Waals surface area contributed by atoms with Gasteiger partial charge in [-0.1, -0.05) is 0 Å². The van der Waals surface area contributed by atoms with Gasteiger partial charge in [0.25, 0.3) is 0 Å². The molecule has 72 valence electrons. The lowest BCUT2D eigenvalue weighted by molar-refractivity contribution is -0.268. The first-order valence-electron chi connectivity index (χ1n) is 3.54. The second kappa shape index (κ2) is 4.58. The van der Waals surface area contributed by atoms with Crippen molar-refractivity contribution in [2.75, 3.05) is 13.2 Å². The van der Waals surface area contributed by atoms with E-state index in [4.69, 9.17) is 9.84 Å². The lowest BCUT2D eigenvalue weighted by Crippen LogP contribution is -2.07. The smallest absolute Gasteiger partial charge is 0.366 e. The summed E-state index contributed by atoms with van der Waals surface area (Å²) >= 11 is 0. The second-order valence-electron chi connectivity index (χ2n) is 2.31. The number of epoxide rings is 1. The highest BCUT2D eigenvalue weighted by Gasteiger charge is 2.23. The van der Waals surface area contributed by atoms with Gasteiger partial charge >= 0.3 is 11.9 Å². The lowest BCUT2D eigenvalue weighted by atomic mass is 10.5. The number of rotatable bonds is 5. The van der Waals surface area contributed by atoms with Gasteiger partial charge in [-0.2, -0.15) is 4.89 Å². The maximum absolute atomic E-state index is 10.6. The van der Waals surface area contributed by atoms with E-state index in [-0.39, 0.29) is 12.7 Å². The summed E-state index contributed by atoms with van der Waals surface area (Å²) in [5, 5.41) is 8.13. The Bertz CT molecular complexity index is 229. The van der Waals surface area contributed by atoms with Crippen molar-refractivity contribution in [1.82, 2.24) is 0 Å². The maximum Gasteiger partial charge on any atom is 0.366 e. The summed E-state index contributed by atoms with van der Waals surface area (Å²) in [7, 11) is 0. The number of hydrogen-bond acceptors (Lipinski definition) is 5. The summed E-state index contributed by atoms with van der Waals surface area (Å²) in [6.07, 6.45) is 1.42. The largest absolute Gasteiger partial charge is 0.478 e. The van der Waals surface area contributed by atoms with Crippen molar-refractivity contribution in [2.45, 2.75) is 6.10 Å². The minimum Gasteiger partial charge on any atom is -0.478 e. The topological polar surface area (TPSA) is 85.4 Å². The summed E-state index contributed by atoms with van der Waals surface area (Å²) in [5.74, 6) is -2.08. The lowest BCUT2D eigenvalue weighted by Gasteiger charge is -1.96. The first kappa shape index (κ1) is 9.69. The van der Waals surface area contributed by atoms with Gasteiger partial charge in [0.2, 0.25) is 0 Å². The highest BCUT2D eigenvalue weighted by Crippen LogP contribution is 2.08. The number of ether oxygens (including phenoxy) is 1. The van der Waals surface area contributed by atoms with Crippen molar-refractivity contribution >= 4 is 11.9 Å². The molecule has 0 saturated carbocycles. The molecule has 0 aliphatic carbocycles. The fourth-order valence-corrected chi connectivity index (χ4v) is 0.499. The average Bonchev–Trinajstić information content (AvgIpc) is 2.84. The Labute approximate surface area is 73.6 Å². The summed E-state index contributed by atoms with van der Waals surface area (Å²) in [6.45, 7) is 0.773. The van der Waals surface area contributed by atoms with Gasteiger partial charge in [0, 0.05) is 12.2 Å². The van der Waals surface area contributed by atoms with Gasteiger partial charge in [-0.15, -0.1) is 0 Å². The predicted octanol–water partition coefficient (Wildman–Crippen LogP) is -0.499. The average molecular weight is 188 g/mol. The number of carbonyl (C=O) groups excluding carboxylic acids is 1. The van der Waals surface area contributed by atoms with E-state index in [1.807, 2.05) is 0 Å². The van der Waals surface area contributed by atoms with Crippen molar-refractivity contribution in [2.24, 2.45) is 0 Å². The SMILES string of the molecule is O=C(O)C=CC(=O)OOCC1CO1. The fourth-order valence-electron chi connectivity index (χ4n) is 0.499. The minimum atomic E-state index is -1.22. The van der Waals surface area contributed by atoms with Crippen molar-refractivity contribution < 1.29 is 29.2 Å². The Balaban J connectivity index is 2.05. The number of aliphatic carboxylic acids is 1. The molecule has 0 bridgehead atoms. The molecule has 13 heavy (non-hydrogen) atoms. The van der Waals surface area contributed by atoms with E-state index in [2.05, 4.69) is 9.78 Å². The van der Waals surface area contributed by atoms with E-state index in [0.717, 1.165) is 6.08 Å². The Kier molecular flexibility index (Phi) is 3.41. The zero-order valence-corrected chi connectivity index (χ0v) is 6.63. The Morgan fingerprint density at radius 3 is 2.77 bits per heavy atom. The van der Waals surface area contributed by atoms with E-state index in [9.17, 15) is 9.59 Å². The van der Waals surface area contributed by atoms with Crippen LogP contribution in [0.1, 0.15) is 0 Å². The molecular weight excluding hydrogens is 180 g/mol. The van der Waals surface area contributed by atoms with Crippen LogP contribution in [0.4, 0.5) is 0 Å². The monoisotopic (exact) mass is 188 g/mol. The number of carboxylic acids is 1. The van der Waals surface area contributed by atoms with Crippen LogP contribution in [0.2, 0.25) is 0 Å². The van der Waals surface area contributed by atoms with Gasteiger partial charge in [0.05, 0.1) is 6.61 Å². The van der Waals surface area contributed by atoms with Crippen molar-refractivity contribution in [3.63, 3.8) is 0 Å². The molecule has 1 unspecified atom stereocenters. The molecule has 1 aliphatic heterocycles. The van der Waals surface area contributed by atoms with Crippen LogP contribution in [-0.2, 0) is 24.1 Å². The quantitative estimate of drug-likeness (QED) is 0.271. The van der Waals surface area contributed by atoms with Gasteiger partial charge < -0.3 is 9.84 Å². The van der Waals surface area contributed by atoms with E-state index >= 15 is 0 Å². The first-order chi connectivity index (χ1) is 6.18. The third-order valence-electron chi connectivity index (χ3n) is 1.16. The van der Waals surface area contributed by atoms with Gasteiger partial charge in [0.15, 0.2) is 0 Å². The summed E-state index contributed by atoms with van der Waals surface area (Å²) < 4.78 is 4.76. The van der Waals surface area contributed by atoms with E-state index in [1.54, 1.807) is 0 Å². The van der Waals surface area contributed by atoms with Crippen molar-refractivity contribution in [3.05, 3.63) is 12.2 Å². The van der Waals surface area contributed by atoms with Crippen LogP contribution in [0, 0.1) is 0 Å². The molecule has 1 N–H and O–H groups in total. The Morgan fingerprint density at radius 2 is 2.23 bits per heavy atom. The molecule has 1 fully saturated rings. The number of carbonyl (C=O) groups is 2. The minimum absolute atomic E-state index is 0.00347. The highest BCUT2D eigenvalue weighted by atomic mass is 17.2. The summed E-state index contributed by atoms with van der Waals surface area (Å²) in [4.78, 5) is 29.2. The van der Waals surface area contributed by atoms with Crippen LogP contribution in [0.15, 0.2) is 12.2 Å². The molecule has 1 rings (SSSR count). The first-order valence-corrected chi connectivity index (χ1v) is 3.54. The molecule has 0 aromatic heterocycles. The molecular formula is C7H8O6. The third-order valence-corrected chi connectivity index (χ3v) is 1.16. The van der Waals surface area contributed by atoms with E-state index in [0.29, 0.717) is 12.7 Å². The molecule has 1 atom stereocenters. The third kappa shape index (κ3) is 4.94. The van der Waals surface area contributed by atoms with Crippen LogP contribution >= 0.6 is 0 Å². The maximum atomic E-state index is 10.6. The Hall–Kier alpha value is -1.40. The summed E-state index contributed by atoms with van der Waals surface area (Å²) in [6, 6.07) is 0. The van der Waals surface area contributed by atoms with E-state index in [1.165, 1.54) is 0 Å². The van der Waals surface area contributed by atoms with Gasteiger partial charge in [-0.3, -0.25) is 4.89 Å². The molecule has 0 spiro atoms. The van der Waals surface area contributed by atoms with Crippen LogP contribution < -0.4 is 0 Å².